The molecule has 3 unspecified atom stereocenters. The zero-order chi connectivity index (χ0) is 8.39. The van der Waals surface area contributed by atoms with Crippen LogP contribution in [0.15, 0.2) is 0 Å². The summed E-state index contributed by atoms with van der Waals surface area (Å²) in [7, 11) is 0. The summed E-state index contributed by atoms with van der Waals surface area (Å²) in [4.78, 5) is 0. The van der Waals surface area contributed by atoms with Gasteiger partial charge in [0.25, 0.3) is 0 Å². The predicted molar refractivity (Wildman–Crippen MR) is 53.1 cm³/mol. The fourth-order valence-electron chi connectivity index (χ4n) is 2.19. The summed E-state index contributed by atoms with van der Waals surface area (Å²) in [5.74, 6) is 0.869. The zero-order valence-electron chi connectivity index (χ0n) is 7.79. The fraction of sp³-hybridized carbons (Fsp3) is 1.00. The van der Waals surface area contributed by atoms with Gasteiger partial charge in [0.05, 0.1) is 6.10 Å². The molecule has 3 aliphatic rings. The van der Waals surface area contributed by atoms with Gasteiger partial charge in [0.2, 0.25) is 0 Å². The van der Waals surface area contributed by atoms with Crippen molar-refractivity contribution in [1.82, 2.24) is 0 Å². The summed E-state index contributed by atoms with van der Waals surface area (Å²) in [5.41, 5.74) is 0. The molecular formula is C10H18OS. The summed E-state index contributed by atoms with van der Waals surface area (Å²) >= 11 is 1.77. The molecule has 0 radical (unpaired) electrons. The van der Waals surface area contributed by atoms with E-state index in [0.29, 0.717) is 6.10 Å². The highest BCUT2D eigenvalue weighted by molar-refractivity contribution is 7.95. The average molecular weight is 186 g/mol. The minimum Gasteiger partial charge on any atom is -0.312 e. The Bertz CT molecular complexity index is 141. The molecule has 1 nitrogen and oxygen atoms in total. The van der Waals surface area contributed by atoms with Crippen molar-refractivity contribution in [3.63, 3.8) is 0 Å². The van der Waals surface area contributed by atoms with E-state index in [1.807, 2.05) is 0 Å². The van der Waals surface area contributed by atoms with Crippen LogP contribution in [0, 0.1) is 5.92 Å². The molecule has 3 rings (SSSR count). The molecule has 2 heterocycles. The molecule has 2 heteroatoms. The van der Waals surface area contributed by atoms with Crippen LogP contribution in [0.3, 0.4) is 0 Å². The molecule has 0 aromatic heterocycles. The average Bonchev–Trinajstić information content (AvgIpc) is 2.24. The Hall–Kier alpha value is 0.310. The Kier molecular flexibility index (Phi) is 2.97. The first kappa shape index (κ1) is 8.89. The summed E-state index contributed by atoms with van der Waals surface area (Å²) in [6, 6.07) is 0. The van der Waals surface area contributed by atoms with Crippen LogP contribution < -0.4 is 0 Å². The molecule has 0 N–H and O–H groups in total. The van der Waals surface area contributed by atoms with Crippen molar-refractivity contribution < 1.29 is 4.18 Å². The molecule has 1 saturated carbocycles. The van der Waals surface area contributed by atoms with Crippen LogP contribution in [0.25, 0.3) is 0 Å². The molecule has 1 aliphatic carbocycles. The molecule has 12 heavy (non-hydrogen) atoms. The first-order chi connectivity index (χ1) is 5.86. The fourth-order valence-corrected chi connectivity index (χ4v) is 3.24. The molecule has 3 fully saturated rings. The van der Waals surface area contributed by atoms with Crippen LogP contribution >= 0.6 is 12.0 Å². The highest BCUT2D eigenvalue weighted by Crippen LogP contribution is 2.38. The molecule has 70 valence electrons. The van der Waals surface area contributed by atoms with Crippen molar-refractivity contribution in [2.75, 3.05) is 0 Å². The van der Waals surface area contributed by atoms with Gasteiger partial charge in [-0.25, -0.2) is 0 Å². The van der Waals surface area contributed by atoms with E-state index in [2.05, 4.69) is 6.92 Å². The van der Waals surface area contributed by atoms with Gasteiger partial charge in [-0.1, -0.05) is 19.8 Å². The highest BCUT2D eigenvalue weighted by Gasteiger charge is 2.28. The lowest BCUT2D eigenvalue weighted by Crippen LogP contribution is -2.23. The van der Waals surface area contributed by atoms with Gasteiger partial charge in [-0.15, -0.1) is 0 Å². The van der Waals surface area contributed by atoms with Crippen molar-refractivity contribution in [3.05, 3.63) is 0 Å². The summed E-state index contributed by atoms with van der Waals surface area (Å²) in [5, 5.41) is 0.791. The quantitative estimate of drug-likeness (QED) is 0.536. The van der Waals surface area contributed by atoms with Gasteiger partial charge in [0, 0.05) is 5.25 Å². The lowest BCUT2D eigenvalue weighted by molar-refractivity contribution is 0.191. The van der Waals surface area contributed by atoms with Crippen molar-refractivity contribution in [1.29, 1.82) is 0 Å². The van der Waals surface area contributed by atoms with Crippen molar-refractivity contribution in [2.45, 2.75) is 56.8 Å². The van der Waals surface area contributed by atoms with Crippen LogP contribution in [0.2, 0.25) is 0 Å². The third-order valence-corrected chi connectivity index (χ3v) is 4.49. The maximum Gasteiger partial charge on any atom is 0.0722 e. The number of fused-ring (bicyclic) bond motifs is 6. The van der Waals surface area contributed by atoms with Crippen molar-refractivity contribution in [2.24, 2.45) is 5.92 Å². The standard InChI is InChI=1S/C10H18OS/c1-8-4-2-3-5-9-6-7-10(8)12-11-9/h8-10H,2-7H2,1H3. The third kappa shape index (κ3) is 1.97. The lowest BCUT2D eigenvalue weighted by Gasteiger charge is -2.29. The van der Waals surface area contributed by atoms with E-state index in [0.717, 1.165) is 11.2 Å². The molecule has 0 aromatic carbocycles. The van der Waals surface area contributed by atoms with Crippen LogP contribution in [0.1, 0.15) is 45.4 Å². The largest absolute Gasteiger partial charge is 0.312 e. The predicted octanol–water partition coefficient (Wildman–Crippen LogP) is 3.39. The van der Waals surface area contributed by atoms with Crippen LogP contribution in [0.5, 0.6) is 0 Å². The molecule has 2 bridgehead atoms. The van der Waals surface area contributed by atoms with E-state index in [-0.39, 0.29) is 0 Å². The van der Waals surface area contributed by atoms with Gasteiger partial charge in [-0.05, 0) is 43.6 Å². The van der Waals surface area contributed by atoms with Crippen LogP contribution in [-0.4, -0.2) is 11.4 Å². The third-order valence-electron chi connectivity index (χ3n) is 3.16. The Morgan fingerprint density at radius 1 is 1.08 bits per heavy atom. The molecule has 0 spiro atoms. The first-order valence-electron chi connectivity index (χ1n) is 5.18. The van der Waals surface area contributed by atoms with E-state index >= 15 is 0 Å². The Morgan fingerprint density at radius 2 is 1.92 bits per heavy atom. The second-order valence-corrected chi connectivity index (χ2v) is 5.18. The van der Waals surface area contributed by atoms with Crippen LogP contribution in [-0.2, 0) is 4.18 Å². The maximum absolute atomic E-state index is 5.75. The van der Waals surface area contributed by atoms with E-state index in [1.54, 1.807) is 12.0 Å². The SMILES string of the molecule is CC1CCCCC2CCC1SO2. The Labute approximate surface area is 79.5 Å². The number of hydrogen-bond acceptors (Lipinski definition) is 2. The molecule has 2 aliphatic heterocycles. The second-order valence-electron chi connectivity index (χ2n) is 4.19. The van der Waals surface area contributed by atoms with E-state index in [4.69, 9.17) is 4.18 Å². The minimum absolute atomic E-state index is 0.580. The Morgan fingerprint density at radius 3 is 2.67 bits per heavy atom. The minimum atomic E-state index is 0.580. The van der Waals surface area contributed by atoms with Crippen molar-refractivity contribution in [3.8, 4) is 0 Å². The maximum atomic E-state index is 5.75. The van der Waals surface area contributed by atoms with E-state index < -0.39 is 0 Å². The van der Waals surface area contributed by atoms with Gasteiger partial charge in [0.1, 0.15) is 0 Å². The molecule has 0 amide bonds. The number of hydrogen-bond donors (Lipinski definition) is 0. The molecule has 2 saturated heterocycles. The summed E-state index contributed by atoms with van der Waals surface area (Å²) in [6.07, 6.45) is 8.77. The van der Waals surface area contributed by atoms with Gasteiger partial charge < -0.3 is 4.18 Å². The topological polar surface area (TPSA) is 9.23 Å². The van der Waals surface area contributed by atoms with E-state index in [9.17, 15) is 0 Å². The van der Waals surface area contributed by atoms with E-state index in [1.165, 1.54) is 38.5 Å². The monoisotopic (exact) mass is 186 g/mol. The summed E-state index contributed by atoms with van der Waals surface area (Å²) < 4.78 is 5.75. The molecule has 3 atom stereocenters. The lowest BCUT2D eigenvalue weighted by atomic mass is 9.98. The summed E-state index contributed by atoms with van der Waals surface area (Å²) in [6.45, 7) is 2.38. The highest BCUT2D eigenvalue weighted by atomic mass is 32.2. The van der Waals surface area contributed by atoms with Gasteiger partial charge in [-0.3, -0.25) is 0 Å². The Balaban J connectivity index is 1.98. The molecular weight excluding hydrogens is 168 g/mol. The number of rotatable bonds is 0. The van der Waals surface area contributed by atoms with Gasteiger partial charge >= 0.3 is 0 Å². The van der Waals surface area contributed by atoms with Crippen molar-refractivity contribution >= 4 is 12.0 Å². The smallest absolute Gasteiger partial charge is 0.0722 e. The zero-order valence-corrected chi connectivity index (χ0v) is 8.61. The molecule has 0 aromatic rings. The second kappa shape index (κ2) is 4.01. The normalized spacial score (nSPS) is 43.2. The first-order valence-corrected chi connectivity index (χ1v) is 5.99. The van der Waals surface area contributed by atoms with Gasteiger partial charge in [0.15, 0.2) is 0 Å². The van der Waals surface area contributed by atoms with Gasteiger partial charge in [-0.2, -0.15) is 0 Å². The van der Waals surface area contributed by atoms with Crippen LogP contribution in [0.4, 0.5) is 0 Å².